The maximum absolute atomic E-state index is 13.3. The van der Waals surface area contributed by atoms with E-state index in [4.69, 9.17) is 0 Å². The van der Waals surface area contributed by atoms with Gasteiger partial charge < -0.3 is 4.90 Å². The molecule has 0 aliphatic carbocycles. The zero-order chi connectivity index (χ0) is 18.0. The Hall–Kier alpha value is -1.92. The number of fused-ring (bicyclic) bond motifs is 1. The number of hydrogen-bond acceptors (Lipinski definition) is 3. The molecule has 6 heteroatoms. The van der Waals surface area contributed by atoms with Crippen LogP contribution in [0, 0.1) is 12.7 Å². The van der Waals surface area contributed by atoms with E-state index in [1.165, 1.54) is 29.4 Å². The van der Waals surface area contributed by atoms with Crippen molar-refractivity contribution in [2.75, 3.05) is 18.0 Å². The number of para-hydroxylation sites is 1. The molecule has 4 nitrogen and oxygen atoms in total. The highest BCUT2D eigenvalue weighted by Crippen LogP contribution is 2.31. The Morgan fingerprint density at radius 2 is 2.00 bits per heavy atom. The number of nitrogens with zero attached hydrogens (tertiary/aromatic N) is 1. The van der Waals surface area contributed by atoms with Gasteiger partial charge in [-0.3, -0.25) is 0 Å². The third kappa shape index (κ3) is 3.85. The van der Waals surface area contributed by atoms with E-state index in [0.29, 0.717) is 24.6 Å². The van der Waals surface area contributed by atoms with Crippen LogP contribution in [0.4, 0.5) is 10.1 Å². The number of nitrogens with one attached hydrogen (secondary N) is 1. The van der Waals surface area contributed by atoms with Gasteiger partial charge in [-0.05, 0) is 62.1 Å². The van der Waals surface area contributed by atoms with E-state index in [2.05, 4.69) is 28.7 Å². The summed E-state index contributed by atoms with van der Waals surface area (Å²) in [6.45, 7) is 4.89. The van der Waals surface area contributed by atoms with Gasteiger partial charge in [-0.1, -0.05) is 18.2 Å². The first-order valence-electron chi connectivity index (χ1n) is 8.49. The molecule has 0 aromatic heterocycles. The summed E-state index contributed by atoms with van der Waals surface area (Å²) in [5, 5.41) is 0. The molecule has 0 saturated heterocycles. The van der Waals surface area contributed by atoms with Crippen molar-refractivity contribution in [3.8, 4) is 0 Å². The molecule has 0 unspecified atom stereocenters. The summed E-state index contributed by atoms with van der Waals surface area (Å²) in [5.41, 5.74) is 2.91. The second-order valence-corrected chi connectivity index (χ2v) is 8.30. The smallest absolute Gasteiger partial charge is 0.240 e. The van der Waals surface area contributed by atoms with Crippen LogP contribution in [0.25, 0.3) is 0 Å². The molecule has 2 aromatic rings. The van der Waals surface area contributed by atoms with Crippen molar-refractivity contribution in [1.29, 1.82) is 0 Å². The van der Waals surface area contributed by atoms with Gasteiger partial charge >= 0.3 is 0 Å². The van der Waals surface area contributed by atoms with Crippen molar-refractivity contribution in [2.45, 2.75) is 37.6 Å². The molecule has 0 radical (unpaired) electrons. The highest BCUT2D eigenvalue weighted by atomic mass is 32.2. The van der Waals surface area contributed by atoms with Crippen molar-refractivity contribution in [3.63, 3.8) is 0 Å². The predicted molar refractivity (Wildman–Crippen MR) is 97.9 cm³/mol. The fourth-order valence-corrected chi connectivity index (χ4v) is 4.45. The van der Waals surface area contributed by atoms with E-state index < -0.39 is 15.8 Å². The molecular weight excluding hydrogens is 339 g/mol. The number of rotatable bonds is 6. The van der Waals surface area contributed by atoms with Crippen LogP contribution in [-0.2, 0) is 16.4 Å². The third-order valence-corrected chi connectivity index (χ3v) is 6.11. The summed E-state index contributed by atoms with van der Waals surface area (Å²) in [5.74, 6) is -0.402. The first kappa shape index (κ1) is 17.9. The van der Waals surface area contributed by atoms with E-state index in [9.17, 15) is 12.8 Å². The normalized spacial score (nSPS) is 16.9. The number of aryl methyl sites for hydroxylation is 1. The Kier molecular flexibility index (Phi) is 5.11. The number of anilines is 1. The van der Waals surface area contributed by atoms with Gasteiger partial charge in [-0.25, -0.2) is 17.5 Å². The second-order valence-electron chi connectivity index (χ2n) is 6.54. The topological polar surface area (TPSA) is 49.4 Å². The Morgan fingerprint density at radius 1 is 1.24 bits per heavy atom. The molecule has 25 heavy (non-hydrogen) atoms. The van der Waals surface area contributed by atoms with Crippen LogP contribution >= 0.6 is 0 Å². The maximum atomic E-state index is 13.3. The highest BCUT2D eigenvalue weighted by molar-refractivity contribution is 7.89. The third-order valence-electron chi connectivity index (χ3n) is 4.66. The van der Waals surface area contributed by atoms with E-state index in [1.54, 1.807) is 6.92 Å². The van der Waals surface area contributed by atoms with Crippen molar-refractivity contribution >= 4 is 15.7 Å². The van der Waals surface area contributed by atoms with Crippen LogP contribution in [0.5, 0.6) is 0 Å². The molecule has 0 amide bonds. The van der Waals surface area contributed by atoms with Crippen molar-refractivity contribution in [1.82, 2.24) is 4.72 Å². The summed E-state index contributed by atoms with van der Waals surface area (Å²) >= 11 is 0. The largest absolute Gasteiger partial charge is 0.368 e. The zero-order valence-corrected chi connectivity index (χ0v) is 15.3. The fraction of sp³-hybridized carbons (Fsp3) is 0.368. The SMILES string of the molecule is Cc1cc(S(=O)(=O)NCCCN2c3ccccc3C[C@H]2C)ccc1F. The summed E-state index contributed by atoms with van der Waals surface area (Å²) in [7, 11) is -3.60. The first-order chi connectivity index (χ1) is 11.9. The Labute approximate surface area is 148 Å². The van der Waals surface area contributed by atoms with Gasteiger partial charge in [0, 0.05) is 24.8 Å². The fourth-order valence-electron chi connectivity index (χ4n) is 3.29. The minimum atomic E-state index is -3.60. The van der Waals surface area contributed by atoms with Gasteiger partial charge in [0.15, 0.2) is 0 Å². The van der Waals surface area contributed by atoms with Crippen molar-refractivity contribution in [3.05, 3.63) is 59.4 Å². The number of halogens is 1. The van der Waals surface area contributed by atoms with Crippen LogP contribution in [-0.4, -0.2) is 27.5 Å². The molecule has 1 N–H and O–H groups in total. The molecule has 0 saturated carbocycles. The highest BCUT2D eigenvalue weighted by Gasteiger charge is 2.25. The van der Waals surface area contributed by atoms with Gasteiger partial charge in [0.2, 0.25) is 10.0 Å². The Balaban J connectivity index is 1.57. The van der Waals surface area contributed by atoms with E-state index >= 15 is 0 Å². The van der Waals surface area contributed by atoms with Crippen LogP contribution < -0.4 is 9.62 Å². The molecule has 1 heterocycles. The van der Waals surface area contributed by atoms with Gasteiger partial charge in [0.25, 0.3) is 0 Å². The van der Waals surface area contributed by atoms with Crippen LogP contribution in [0.3, 0.4) is 0 Å². The first-order valence-corrected chi connectivity index (χ1v) is 9.97. The Morgan fingerprint density at radius 3 is 2.76 bits per heavy atom. The van der Waals surface area contributed by atoms with Crippen LogP contribution in [0.1, 0.15) is 24.5 Å². The average molecular weight is 362 g/mol. The van der Waals surface area contributed by atoms with Gasteiger partial charge in [0.1, 0.15) is 5.82 Å². The minimum Gasteiger partial charge on any atom is -0.368 e. The monoisotopic (exact) mass is 362 g/mol. The molecule has 1 aliphatic heterocycles. The molecule has 3 rings (SSSR count). The van der Waals surface area contributed by atoms with Gasteiger partial charge in [-0.15, -0.1) is 0 Å². The lowest BCUT2D eigenvalue weighted by atomic mass is 10.1. The molecular formula is C19H23FN2O2S. The Bertz CT molecular complexity index is 867. The summed E-state index contributed by atoms with van der Waals surface area (Å²) in [6, 6.07) is 12.6. The second kappa shape index (κ2) is 7.14. The van der Waals surface area contributed by atoms with Crippen molar-refractivity contribution < 1.29 is 12.8 Å². The van der Waals surface area contributed by atoms with E-state index in [-0.39, 0.29) is 4.90 Å². The molecule has 1 atom stereocenters. The van der Waals surface area contributed by atoms with Crippen molar-refractivity contribution in [2.24, 2.45) is 0 Å². The van der Waals surface area contributed by atoms with E-state index in [0.717, 1.165) is 13.0 Å². The number of sulfonamides is 1. The lowest BCUT2D eigenvalue weighted by Gasteiger charge is -2.24. The number of benzene rings is 2. The van der Waals surface area contributed by atoms with Gasteiger partial charge in [0.05, 0.1) is 4.90 Å². The van der Waals surface area contributed by atoms with Crippen LogP contribution in [0.15, 0.2) is 47.4 Å². The quantitative estimate of drug-likeness (QED) is 0.803. The standard InChI is InChI=1S/C19H23FN2O2S/c1-14-12-17(8-9-18(14)20)25(23,24)21-10-5-11-22-15(2)13-16-6-3-4-7-19(16)22/h3-4,6-9,12,15,21H,5,10-11,13H2,1-2H3/t15-/m1/s1. The molecule has 0 bridgehead atoms. The van der Waals surface area contributed by atoms with E-state index in [1.807, 2.05) is 12.1 Å². The molecule has 0 fully saturated rings. The molecule has 2 aromatic carbocycles. The maximum Gasteiger partial charge on any atom is 0.240 e. The molecule has 0 spiro atoms. The number of hydrogen-bond donors (Lipinski definition) is 1. The molecule has 134 valence electrons. The lowest BCUT2D eigenvalue weighted by molar-refractivity contribution is 0.574. The summed E-state index contributed by atoms with van der Waals surface area (Å²) in [6.07, 6.45) is 1.73. The lowest BCUT2D eigenvalue weighted by Crippen LogP contribution is -2.33. The minimum absolute atomic E-state index is 0.103. The summed E-state index contributed by atoms with van der Waals surface area (Å²) in [4.78, 5) is 2.43. The predicted octanol–water partition coefficient (Wildman–Crippen LogP) is 3.25. The molecule has 1 aliphatic rings. The average Bonchev–Trinajstić information content (AvgIpc) is 2.89. The zero-order valence-electron chi connectivity index (χ0n) is 14.5. The van der Waals surface area contributed by atoms with Gasteiger partial charge in [-0.2, -0.15) is 0 Å². The summed E-state index contributed by atoms with van der Waals surface area (Å²) < 4.78 is 40.5. The van der Waals surface area contributed by atoms with Crippen LogP contribution in [0.2, 0.25) is 0 Å².